The van der Waals surface area contributed by atoms with Gasteiger partial charge in [0.05, 0.1) is 6.54 Å². The van der Waals surface area contributed by atoms with Crippen LogP contribution in [0.25, 0.3) is 0 Å². The van der Waals surface area contributed by atoms with Gasteiger partial charge in [-0.15, -0.1) is 11.8 Å². The zero-order valence-electron chi connectivity index (χ0n) is 11.6. The minimum atomic E-state index is 0.184. The van der Waals surface area contributed by atoms with Gasteiger partial charge in [-0.25, -0.2) is 0 Å². The average molecular weight is 266 g/mol. The molecular weight excluding hydrogens is 244 g/mol. The van der Waals surface area contributed by atoms with Crippen LogP contribution in [0.5, 0.6) is 0 Å². The Morgan fingerprint density at radius 2 is 1.72 bits per heavy atom. The van der Waals surface area contributed by atoms with Crippen LogP contribution in [0.3, 0.4) is 0 Å². The third-order valence-electron chi connectivity index (χ3n) is 2.75. The largest absolute Gasteiger partial charge is 0.308 e. The first-order valence-corrected chi connectivity index (χ1v) is 7.26. The Hall–Kier alpha value is -0.840. The first-order chi connectivity index (χ1) is 8.52. The number of likely N-dealkylation sites (N-methyl/N-ethyl adjacent to an activating group) is 2. The minimum Gasteiger partial charge on any atom is -0.308 e. The first-order valence-electron chi connectivity index (χ1n) is 6.03. The summed E-state index contributed by atoms with van der Waals surface area (Å²) in [5.41, 5.74) is 0.796. The summed E-state index contributed by atoms with van der Waals surface area (Å²) >= 11 is 1.69. The van der Waals surface area contributed by atoms with Gasteiger partial charge in [-0.2, -0.15) is 0 Å². The Balaban J connectivity index is 2.48. The van der Waals surface area contributed by atoms with Crippen LogP contribution in [-0.2, 0) is 0 Å². The van der Waals surface area contributed by atoms with E-state index in [2.05, 4.69) is 9.80 Å². The fourth-order valence-corrected chi connectivity index (χ4v) is 1.97. The molecule has 0 saturated carbocycles. The zero-order valence-corrected chi connectivity index (χ0v) is 12.5. The number of ketones is 1. The van der Waals surface area contributed by atoms with Gasteiger partial charge in [0.1, 0.15) is 0 Å². The van der Waals surface area contributed by atoms with Gasteiger partial charge >= 0.3 is 0 Å². The number of benzene rings is 1. The van der Waals surface area contributed by atoms with Crippen molar-refractivity contribution in [2.75, 3.05) is 47.0 Å². The SMILES string of the molecule is CSc1ccc(C(=O)CN(C)CCN(C)C)cc1. The third kappa shape index (κ3) is 5.21. The van der Waals surface area contributed by atoms with Crippen molar-refractivity contribution in [2.45, 2.75) is 4.90 Å². The number of carbonyl (C=O) groups is 1. The van der Waals surface area contributed by atoms with E-state index in [1.807, 2.05) is 51.7 Å². The van der Waals surface area contributed by atoms with Gasteiger partial charge in [-0.05, 0) is 39.5 Å². The molecule has 0 aliphatic rings. The quantitative estimate of drug-likeness (QED) is 0.557. The highest BCUT2D eigenvalue weighted by Gasteiger charge is 2.09. The van der Waals surface area contributed by atoms with Crippen molar-refractivity contribution < 1.29 is 4.79 Å². The third-order valence-corrected chi connectivity index (χ3v) is 3.50. The number of hydrogen-bond acceptors (Lipinski definition) is 4. The van der Waals surface area contributed by atoms with Crippen molar-refractivity contribution in [3.8, 4) is 0 Å². The van der Waals surface area contributed by atoms with Crippen LogP contribution < -0.4 is 0 Å². The van der Waals surface area contributed by atoms with Crippen molar-refractivity contribution >= 4 is 17.5 Å². The molecule has 0 fully saturated rings. The lowest BCUT2D eigenvalue weighted by atomic mass is 10.1. The van der Waals surface area contributed by atoms with E-state index >= 15 is 0 Å². The molecule has 0 aliphatic heterocycles. The Morgan fingerprint density at radius 3 is 2.22 bits per heavy atom. The van der Waals surface area contributed by atoms with Gasteiger partial charge in [0, 0.05) is 23.5 Å². The molecule has 1 rings (SSSR count). The minimum absolute atomic E-state index is 0.184. The fourth-order valence-electron chi connectivity index (χ4n) is 1.56. The smallest absolute Gasteiger partial charge is 0.176 e. The van der Waals surface area contributed by atoms with Crippen LogP contribution in [-0.4, -0.2) is 62.6 Å². The first kappa shape index (κ1) is 15.2. The van der Waals surface area contributed by atoms with Gasteiger partial charge < -0.3 is 4.90 Å². The highest BCUT2D eigenvalue weighted by Crippen LogP contribution is 2.15. The molecule has 0 atom stereocenters. The molecule has 0 unspecified atom stereocenters. The van der Waals surface area contributed by atoms with Gasteiger partial charge in [0.2, 0.25) is 0 Å². The number of Topliss-reactive ketones (excluding diaryl/α,β-unsaturated/α-hetero) is 1. The summed E-state index contributed by atoms with van der Waals surface area (Å²) in [6, 6.07) is 7.82. The lowest BCUT2D eigenvalue weighted by molar-refractivity contribution is 0.0942. The molecule has 3 nitrogen and oxygen atoms in total. The van der Waals surface area contributed by atoms with Crippen molar-refractivity contribution in [3.05, 3.63) is 29.8 Å². The van der Waals surface area contributed by atoms with Gasteiger partial charge in [0.15, 0.2) is 5.78 Å². The standard InChI is InChI=1S/C14H22N2OS/c1-15(2)9-10-16(3)11-14(17)12-5-7-13(18-4)8-6-12/h5-8H,9-11H2,1-4H3. The maximum atomic E-state index is 12.0. The topological polar surface area (TPSA) is 23.6 Å². The molecule has 0 N–H and O–H groups in total. The molecule has 0 saturated heterocycles. The predicted octanol–water partition coefficient (Wildman–Crippen LogP) is 2.08. The molecule has 1 aromatic rings. The van der Waals surface area contributed by atoms with E-state index in [0.29, 0.717) is 6.54 Å². The second kappa shape index (κ2) is 7.56. The molecule has 0 aromatic heterocycles. The molecule has 0 spiro atoms. The Bertz CT molecular complexity index is 376. The highest BCUT2D eigenvalue weighted by atomic mass is 32.2. The van der Waals surface area contributed by atoms with Gasteiger partial charge in [-0.1, -0.05) is 12.1 Å². The molecule has 0 amide bonds. The Labute approximate surface area is 114 Å². The van der Waals surface area contributed by atoms with Crippen molar-refractivity contribution in [3.63, 3.8) is 0 Å². The van der Waals surface area contributed by atoms with E-state index in [0.717, 1.165) is 18.7 Å². The lowest BCUT2D eigenvalue weighted by Gasteiger charge is -2.18. The van der Waals surface area contributed by atoms with E-state index in [9.17, 15) is 4.79 Å². The van der Waals surface area contributed by atoms with E-state index < -0.39 is 0 Å². The summed E-state index contributed by atoms with van der Waals surface area (Å²) in [6.07, 6.45) is 2.03. The molecule has 100 valence electrons. The number of carbonyl (C=O) groups excluding carboxylic acids is 1. The number of rotatable bonds is 7. The summed E-state index contributed by atoms with van der Waals surface area (Å²) < 4.78 is 0. The van der Waals surface area contributed by atoms with Crippen LogP contribution in [0, 0.1) is 0 Å². The highest BCUT2D eigenvalue weighted by molar-refractivity contribution is 7.98. The summed E-state index contributed by atoms with van der Waals surface area (Å²) in [6.45, 7) is 2.35. The molecule has 0 heterocycles. The zero-order chi connectivity index (χ0) is 13.5. The van der Waals surface area contributed by atoms with Crippen molar-refractivity contribution in [1.82, 2.24) is 9.80 Å². The van der Waals surface area contributed by atoms with Crippen LogP contribution >= 0.6 is 11.8 Å². The second-order valence-corrected chi connectivity index (χ2v) is 5.57. The number of nitrogens with zero attached hydrogens (tertiary/aromatic N) is 2. The molecule has 4 heteroatoms. The maximum absolute atomic E-state index is 12.0. The van der Waals surface area contributed by atoms with Crippen LogP contribution in [0.1, 0.15) is 10.4 Å². The lowest BCUT2D eigenvalue weighted by Crippen LogP contribution is -2.32. The Morgan fingerprint density at radius 1 is 1.11 bits per heavy atom. The average Bonchev–Trinajstić information content (AvgIpc) is 2.36. The van der Waals surface area contributed by atoms with Crippen molar-refractivity contribution in [2.24, 2.45) is 0 Å². The fraction of sp³-hybridized carbons (Fsp3) is 0.500. The van der Waals surface area contributed by atoms with E-state index in [1.54, 1.807) is 11.8 Å². The molecule has 0 bridgehead atoms. The molecule has 0 aliphatic carbocycles. The predicted molar refractivity (Wildman–Crippen MR) is 78.6 cm³/mol. The second-order valence-electron chi connectivity index (χ2n) is 4.69. The molecule has 0 radical (unpaired) electrons. The van der Waals surface area contributed by atoms with E-state index in [1.165, 1.54) is 4.90 Å². The normalized spacial score (nSPS) is 11.2. The van der Waals surface area contributed by atoms with Crippen LogP contribution in [0.2, 0.25) is 0 Å². The summed E-state index contributed by atoms with van der Waals surface area (Å²) in [5, 5.41) is 0. The van der Waals surface area contributed by atoms with Gasteiger partial charge in [-0.3, -0.25) is 9.69 Å². The summed E-state index contributed by atoms with van der Waals surface area (Å²) in [7, 11) is 6.06. The summed E-state index contributed by atoms with van der Waals surface area (Å²) in [4.78, 5) is 17.4. The van der Waals surface area contributed by atoms with Crippen LogP contribution in [0.15, 0.2) is 29.2 Å². The number of thioether (sulfide) groups is 1. The van der Waals surface area contributed by atoms with E-state index in [4.69, 9.17) is 0 Å². The molecular formula is C14H22N2OS. The van der Waals surface area contributed by atoms with E-state index in [-0.39, 0.29) is 5.78 Å². The van der Waals surface area contributed by atoms with Crippen molar-refractivity contribution in [1.29, 1.82) is 0 Å². The summed E-state index contributed by atoms with van der Waals surface area (Å²) in [5.74, 6) is 0.184. The number of hydrogen-bond donors (Lipinski definition) is 0. The van der Waals surface area contributed by atoms with Gasteiger partial charge in [0.25, 0.3) is 0 Å². The Kier molecular flexibility index (Phi) is 6.39. The molecule has 18 heavy (non-hydrogen) atoms. The maximum Gasteiger partial charge on any atom is 0.176 e. The van der Waals surface area contributed by atoms with Crippen LogP contribution in [0.4, 0.5) is 0 Å². The molecule has 1 aromatic carbocycles. The monoisotopic (exact) mass is 266 g/mol.